The minimum absolute atomic E-state index is 0.00181. The Hall–Kier alpha value is -5.49. The normalized spacial score (nSPS) is 12.8. The SMILES string of the molecule is CCN(c1cccc(S(C)(=O)=O)c1)c1nc(C)nc(Nc2ccc(N=Nc3cc(S(=O)(=O)O)c4cccc(S(=O)(=O)O)c4c3)c3cccc(S(=O)(=O)O)c23)n1. The highest BCUT2D eigenvalue weighted by molar-refractivity contribution is 7.90. The highest BCUT2D eigenvalue weighted by Crippen LogP contribution is 2.39. The Labute approximate surface area is 314 Å². The molecule has 0 saturated heterocycles. The quantitative estimate of drug-likeness (QED) is 0.0868. The molecule has 22 heteroatoms. The van der Waals surface area contributed by atoms with Crippen LogP contribution in [0.2, 0.25) is 0 Å². The lowest BCUT2D eigenvalue weighted by atomic mass is 10.1. The lowest BCUT2D eigenvalue weighted by Gasteiger charge is -2.22. The van der Waals surface area contributed by atoms with Crippen LogP contribution in [0.5, 0.6) is 0 Å². The number of hydrogen-bond donors (Lipinski definition) is 4. The Balaban J connectivity index is 1.47. The molecule has 0 amide bonds. The van der Waals surface area contributed by atoms with Gasteiger partial charge in [-0.2, -0.15) is 45.3 Å². The summed E-state index contributed by atoms with van der Waals surface area (Å²) in [4.78, 5) is 13.0. The smallest absolute Gasteiger partial charge is 0.295 e. The fourth-order valence-electron chi connectivity index (χ4n) is 5.77. The van der Waals surface area contributed by atoms with E-state index in [-0.39, 0.29) is 61.2 Å². The fourth-order valence-corrected chi connectivity index (χ4v) is 8.58. The van der Waals surface area contributed by atoms with Crippen LogP contribution in [0, 0.1) is 6.92 Å². The minimum atomic E-state index is -4.95. The first-order chi connectivity index (χ1) is 25.6. The third-order valence-electron chi connectivity index (χ3n) is 8.09. The van der Waals surface area contributed by atoms with Crippen molar-refractivity contribution in [1.29, 1.82) is 0 Å². The summed E-state index contributed by atoms with van der Waals surface area (Å²) in [5.41, 5.74) is 0.282. The number of benzene rings is 5. The van der Waals surface area contributed by atoms with Gasteiger partial charge in [-0.3, -0.25) is 13.7 Å². The highest BCUT2D eigenvalue weighted by atomic mass is 32.2. The zero-order valence-electron chi connectivity index (χ0n) is 28.7. The number of rotatable bonds is 11. The van der Waals surface area contributed by atoms with E-state index in [1.165, 1.54) is 48.5 Å². The number of aromatic nitrogens is 3. The van der Waals surface area contributed by atoms with E-state index < -0.39 is 54.9 Å². The first-order valence-electron chi connectivity index (χ1n) is 15.7. The van der Waals surface area contributed by atoms with Gasteiger partial charge in [0, 0.05) is 40.0 Å². The summed E-state index contributed by atoms with van der Waals surface area (Å²) >= 11 is 0. The standard InChI is InChI=1S/C33H29N7O11S4/c1-4-40(21-8-5-9-22(18-21)52(3,41)42)33-35-19(2)34-32(37-33)36-27-15-14-26(24-11-7-13-29(31(24)27)54(46,47)48)39-38-20-16-25-23(30(17-20)55(49,50)51)10-6-12-28(25)53(43,44)45/h5-18H,4H2,1-3H3,(H,43,44,45)(H,46,47,48)(H,49,50,51)(H,34,35,36,37). The number of azo groups is 1. The fraction of sp³-hybridized carbons (Fsp3) is 0.121. The van der Waals surface area contributed by atoms with Crippen molar-refractivity contribution in [2.24, 2.45) is 10.2 Å². The molecule has 5 aromatic carbocycles. The van der Waals surface area contributed by atoms with E-state index in [1.807, 2.05) is 0 Å². The van der Waals surface area contributed by atoms with E-state index in [4.69, 9.17) is 0 Å². The lowest BCUT2D eigenvalue weighted by Crippen LogP contribution is -2.20. The summed E-state index contributed by atoms with van der Waals surface area (Å²) < 4.78 is 128. The van der Waals surface area contributed by atoms with Crippen molar-refractivity contribution in [2.45, 2.75) is 33.4 Å². The summed E-state index contributed by atoms with van der Waals surface area (Å²) in [6.45, 7) is 3.70. The predicted octanol–water partition coefficient (Wildman–Crippen LogP) is 5.95. The van der Waals surface area contributed by atoms with Crippen LogP contribution in [0.4, 0.5) is 34.6 Å². The van der Waals surface area contributed by atoms with Gasteiger partial charge in [-0.1, -0.05) is 30.3 Å². The van der Waals surface area contributed by atoms with Crippen molar-refractivity contribution in [3.63, 3.8) is 0 Å². The van der Waals surface area contributed by atoms with Crippen LogP contribution < -0.4 is 10.2 Å². The Morgan fingerprint density at radius 1 is 0.673 bits per heavy atom. The van der Waals surface area contributed by atoms with Gasteiger partial charge in [-0.15, -0.1) is 5.11 Å². The van der Waals surface area contributed by atoms with Crippen molar-refractivity contribution in [3.8, 4) is 0 Å². The second-order valence-electron chi connectivity index (χ2n) is 11.9. The molecule has 55 heavy (non-hydrogen) atoms. The number of nitrogens with one attached hydrogen (secondary N) is 1. The van der Waals surface area contributed by atoms with Crippen LogP contribution in [0.15, 0.2) is 115 Å². The second kappa shape index (κ2) is 14.3. The molecule has 1 heterocycles. The maximum atomic E-state index is 12.6. The first kappa shape index (κ1) is 39.2. The van der Waals surface area contributed by atoms with Crippen molar-refractivity contribution in [2.75, 3.05) is 23.0 Å². The van der Waals surface area contributed by atoms with Gasteiger partial charge in [0.2, 0.25) is 11.9 Å². The maximum Gasteiger partial charge on any atom is 0.295 e. The highest BCUT2D eigenvalue weighted by Gasteiger charge is 2.23. The molecule has 0 radical (unpaired) electrons. The van der Waals surface area contributed by atoms with E-state index in [0.29, 0.717) is 12.2 Å². The monoisotopic (exact) mass is 827 g/mol. The minimum Gasteiger partial charge on any atom is -0.323 e. The zero-order valence-corrected chi connectivity index (χ0v) is 32.0. The molecule has 0 aliphatic carbocycles. The lowest BCUT2D eigenvalue weighted by molar-refractivity contribution is 0.481. The molecule has 0 aliphatic rings. The average molecular weight is 828 g/mol. The van der Waals surface area contributed by atoms with Crippen LogP contribution >= 0.6 is 0 Å². The number of nitrogens with zero attached hydrogens (tertiary/aromatic N) is 6. The summed E-state index contributed by atoms with van der Waals surface area (Å²) in [5, 5.41) is 10.7. The molecular formula is C33H29N7O11S4. The van der Waals surface area contributed by atoms with Gasteiger partial charge in [-0.25, -0.2) is 8.42 Å². The number of hydrogen-bond acceptors (Lipinski definition) is 15. The third-order valence-corrected chi connectivity index (χ3v) is 11.9. The summed E-state index contributed by atoms with van der Waals surface area (Å²) in [6.07, 6.45) is 1.08. The van der Waals surface area contributed by atoms with Crippen LogP contribution in [0.1, 0.15) is 12.7 Å². The Bertz CT molecular complexity index is 3030. The molecular weight excluding hydrogens is 799 g/mol. The van der Waals surface area contributed by atoms with Crippen LogP contribution in [-0.2, 0) is 40.2 Å². The summed E-state index contributed by atoms with van der Waals surface area (Å²) in [5.74, 6) is 0.320. The first-order valence-corrected chi connectivity index (χ1v) is 21.9. The molecule has 0 bridgehead atoms. The number of fused-ring (bicyclic) bond motifs is 2. The molecule has 6 aromatic rings. The van der Waals surface area contributed by atoms with Crippen molar-refractivity contribution >= 4 is 96.4 Å². The molecule has 18 nitrogen and oxygen atoms in total. The van der Waals surface area contributed by atoms with Gasteiger partial charge < -0.3 is 10.2 Å². The van der Waals surface area contributed by atoms with Gasteiger partial charge in [0.25, 0.3) is 30.4 Å². The number of aryl methyl sites for hydroxylation is 1. The summed E-state index contributed by atoms with van der Waals surface area (Å²) in [7, 11) is -18.2. The molecule has 286 valence electrons. The van der Waals surface area contributed by atoms with Crippen LogP contribution in [-0.4, -0.2) is 75.1 Å². The molecule has 0 unspecified atom stereocenters. The topological polar surface area (TPSA) is 276 Å². The Morgan fingerprint density at radius 3 is 1.95 bits per heavy atom. The van der Waals surface area contributed by atoms with E-state index in [2.05, 4.69) is 30.5 Å². The van der Waals surface area contributed by atoms with Crippen molar-refractivity contribution in [3.05, 3.63) is 90.8 Å². The molecule has 0 fully saturated rings. The van der Waals surface area contributed by atoms with E-state index in [0.717, 1.165) is 30.5 Å². The molecule has 0 saturated carbocycles. The molecule has 1 aromatic heterocycles. The molecule has 4 N–H and O–H groups in total. The van der Waals surface area contributed by atoms with Gasteiger partial charge in [0.15, 0.2) is 9.84 Å². The van der Waals surface area contributed by atoms with Crippen molar-refractivity contribution < 1.29 is 47.3 Å². The second-order valence-corrected chi connectivity index (χ2v) is 18.1. The van der Waals surface area contributed by atoms with E-state index in [1.54, 1.807) is 30.9 Å². The van der Waals surface area contributed by atoms with Crippen molar-refractivity contribution in [1.82, 2.24) is 15.0 Å². The number of anilines is 4. The molecule has 0 aliphatic heterocycles. The number of sulfone groups is 1. The summed E-state index contributed by atoms with van der Waals surface area (Å²) in [6, 6.07) is 18.4. The molecule has 0 spiro atoms. The average Bonchev–Trinajstić information content (AvgIpc) is 3.09. The van der Waals surface area contributed by atoms with Crippen LogP contribution in [0.3, 0.4) is 0 Å². The Morgan fingerprint density at radius 2 is 1.31 bits per heavy atom. The molecule has 0 atom stereocenters. The Kier molecular flexibility index (Phi) is 10.2. The third kappa shape index (κ3) is 8.29. The zero-order chi connectivity index (χ0) is 40.1. The molecule has 6 rings (SSSR count). The largest absolute Gasteiger partial charge is 0.323 e. The van der Waals surface area contributed by atoms with E-state index >= 15 is 0 Å². The van der Waals surface area contributed by atoms with Gasteiger partial charge in [0.05, 0.1) is 22.0 Å². The van der Waals surface area contributed by atoms with Gasteiger partial charge >= 0.3 is 0 Å². The van der Waals surface area contributed by atoms with Crippen LogP contribution in [0.25, 0.3) is 21.5 Å². The van der Waals surface area contributed by atoms with E-state index in [9.17, 15) is 47.3 Å². The van der Waals surface area contributed by atoms with Gasteiger partial charge in [-0.05, 0) is 68.4 Å². The van der Waals surface area contributed by atoms with Gasteiger partial charge in [0.1, 0.15) is 20.5 Å². The predicted molar refractivity (Wildman–Crippen MR) is 202 cm³/mol. The maximum absolute atomic E-state index is 12.6.